The van der Waals surface area contributed by atoms with Crippen molar-refractivity contribution in [3.8, 4) is 11.4 Å². The van der Waals surface area contributed by atoms with Gasteiger partial charge in [0.05, 0.1) is 5.25 Å². The largest absolute Gasteiger partial charge is 0.345 e. The van der Waals surface area contributed by atoms with Crippen LogP contribution in [0.2, 0.25) is 0 Å². The van der Waals surface area contributed by atoms with Gasteiger partial charge in [0.2, 0.25) is 5.91 Å². The zero-order valence-corrected chi connectivity index (χ0v) is 18.8. The van der Waals surface area contributed by atoms with Crippen molar-refractivity contribution in [2.45, 2.75) is 81.2 Å². The molecule has 6 heteroatoms. The van der Waals surface area contributed by atoms with E-state index >= 15 is 0 Å². The molecule has 29 heavy (non-hydrogen) atoms. The second kappa shape index (κ2) is 8.13. The summed E-state index contributed by atoms with van der Waals surface area (Å²) >= 11 is 1.60. The molecule has 1 aromatic heterocycles. The van der Waals surface area contributed by atoms with Gasteiger partial charge in [-0.2, -0.15) is 0 Å². The highest BCUT2D eigenvalue weighted by Crippen LogP contribution is 2.38. The van der Waals surface area contributed by atoms with Gasteiger partial charge in [0.1, 0.15) is 0 Å². The molecule has 1 aliphatic carbocycles. The number of carbonyl (C=O) groups is 1. The first-order valence-corrected chi connectivity index (χ1v) is 11.7. The number of amides is 1. The highest BCUT2D eigenvalue weighted by atomic mass is 32.2. The molecule has 1 amide bonds. The lowest BCUT2D eigenvalue weighted by atomic mass is 9.86. The molecule has 2 fully saturated rings. The van der Waals surface area contributed by atoms with Gasteiger partial charge in [-0.15, -0.1) is 10.2 Å². The summed E-state index contributed by atoms with van der Waals surface area (Å²) in [4.78, 5) is 14.3. The van der Waals surface area contributed by atoms with Crippen LogP contribution < -0.4 is 0 Å². The summed E-state index contributed by atoms with van der Waals surface area (Å²) < 4.78 is 2.33. The molecule has 156 valence electrons. The topological polar surface area (TPSA) is 51.0 Å². The van der Waals surface area contributed by atoms with E-state index < -0.39 is 0 Å². The van der Waals surface area contributed by atoms with Crippen LogP contribution in [-0.4, -0.2) is 44.4 Å². The molecule has 1 unspecified atom stereocenters. The molecular formula is C23H32N4OS. The number of hydrogen-bond donors (Lipinski definition) is 0. The molecule has 4 rings (SSSR count). The highest BCUT2D eigenvalue weighted by molar-refractivity contribution is 8.00. The molecule has 0 bridgehead atoms. The van der Waals surface area contributed by atoms with Crippen LogP contribution in [0.5, 0.6) is 0 Å². The van der Waals surface area contributed by atoms with Gasteiger partial charge in [-0.25, -0.2) is 0 Å². The van der Waals surface area contributed by atoms with Crippen LogP contribution >= 0.6 is 11.8 Å². The number of thioether (sulfide) groups is 1. The second-order valence-corrected chi connectivity index (χ2v) is 10.6. The first-order valence-electron chi connectivity index (χ1n) is 10.8. The zero-order valence-electron chi connectivity index (χ0n) is 18.0. The number of likely N-dealkylation sites (tertiary alicyclic amines) is 1. The molecule has 1 saturated heterocycles. The van der Waals surface area contributed by atoms with Crippen LogP contribution in [0.15, 0.2) is 29.4 Å². The summed E-state index contributed by atoms with van der Waals surface area (Å²) in [6.45, 7) is 7.53. The third-order valence-corrected chi connectivity index (χ3v) is 7.45. The average molecular weight is 413 g/mol. The fraction of sp³-hybridized carbons (Fsp3) is 0.609. The van der Waals surface area contributed by atoms with Crippen LogP contribution in [0.25, 0.3) is 11.4 Å². The van der Waals surface area contributed by atoms with Crippen LogP contribution in [0.3, 0.4) is 0 Å². The quantitative estimate of drug-likeness (QED) is 0.703. The fourth-order valence-corrected chi connectivity index (χ4v) is 5.56. The van der Waals surface area contributed by atoms with E-state index in [9.17, 15) is 4.79 Å². The van der Waals surface area contributed by atoms with Crippen molar-refractivity contribution in [2.24, 2.45) is 0 Å². The van der Waals surface area contributed by atoms with E-state index in [1.807, 2.05) is 11.9 Å². The summed E-state index contributed by atoms with van der Waals surface area (Å²) in [5.41, 5.74) is 2.56. The Bertz CT molecular complexity index is 862. The predicted octanol–water partition coefficient (Wildman–Crippen LogP) is 5.07. The SMILES string of the molecule is CN1CCC(Sc2nnc(-c3ccc(C(C)(C)C)cc3)n2C2CCCCC2)C1=O. The summed E-state index contributed by atoms with van der Waals surface area (Å²) in [6.07, 6.45) is 7.02. The Morgan fingerprint density at radius 3 is 2.28 bits per heavy atom. The zero-order chi connectivity index (χ0) is 20.6. The first-order chi connectivity index (χ1) is 13.8. The van der Waals surface area contributed by atoms with E-state index in [0.717, 1.165) is 42.4 Å². The van der Waals surface area contributed by atoms with Gasteiger partial charge in [0.25, 0.3) is 0 Å². The Morgan fingerprint density at radius 1 is 1.00 bits per heavy atom. The minimum atomic E-state index is -0.0392. The number of carbonyl (C=O) groups excluding carboxylic acids is 1. The van der Waals surface area contributed by atoms with Crippen LogP contribution in [0.4, 0.5) is 0 Å². The predicted molar refractivity (Wildman–Crippen MR) is 118 cm³/mol. The van der Waals surface area contributed by atoms with Gasteiger partial charge < -0.3 is 4.90 Å². The Labute approximate surface area is 178 Å². The Kier molecular flexibility index (Phi) is 5.74. The van der Waals surface area contributed by atoms with Crippen molar-refractivity contribution in [1.29, 1.82) is 0 Å². The van der Waals surface area contributed by atoms with Crippen molar-refractivity contribution >= 4 is 17.7 Å². The maximum Gasteiger partial charge on any atom is 0.235 e. The van der Waals surface area contributed by atoms with Crippen LogP contribution in [0.1, 0.15) is 70.9 Å². The maximum absolute atomic E-state index is 12.5. The van der Waals surface area contributed by atoms with Crippen molar-refractivity contribution < 1.29 is 4.79 Å². The molecule has 0 N–H and O–H groups in total. The molecule has 2 heterocycles. The minimum Gasteiger partial charge on any atom is -0.345 e. The van der Waals surface area contributed by atoms with E-state index in [0.29, 0.717) is 6.04 Å². The molecule has 1 atom stereocenters. The van der Waals surface area contributed by atoms with E-state index in [4.69, 9.17) is 0 Å². The lowest BCUT2D eigenvalue weighted by Gasteiger charge is -2.26. The van der Waals surface area contributed by atoms with Gasteiger partial charge in [-0.05, 0) is 30.2 Å². The van der Waals surface area contributed by atoms with Crippen molar-refractivity contribution in [3.05, 3.63) is 29.8 Å². The monoisotopic (exact) mass is 412 g/mol. The van der Waals surface area contributed by atoms with Gasteiger partial charge in [0, 0.05) is 25.2 Å². The lowest BCUT2D eigenvalue weighted by molar-refractivity contribution is -0.126. The molecule has 2 aliphatic rings. The number of nitrogens with zero attached hydrogens (tertiary/aromatic N) is 4. The average Bonchev–Trinajstić information content (AvgIpc) is 3.27. The summed E-state index contributed by atoms with van der Waals surface area (Å²) in [5.74, 6) is 1.16. The van der Waals surface area contributed by atoms with Crippen molar-refractivity contribution in [2.75, 3.05) is 13.6 Å². The van der Waals surface area contributed by atoms with E-state index in [1.165, 1.54) is 24.8 Å². The molecule has 0 radical (unpaired) electrons. The third-order valence-electron chi connectivity index (χ3n) is 6.24. The molecular weight excluding hydrogens is 380 g/mol. The minimum absolute atomic E-state index is 0.0392. The molecule has 0 spiro atoms. The maximum atomic E-state index is 12.5. The third kappa shape index (κ3) is 4.23. The number of benzene rings is 1. The van der Waals surface area contributed by atoms with Crippen LogP contribution in [0, 0.1) is 0 Å². The Balaban J connectivity index is 1.68. The number of hydrogen-bond acceptors (Lipinski definition) is 4. The molecule has 1 aliphatic heterocycles. The number of aromatic nitrogens is 3. The molecule has 1 aromatic carbocycles. The standard InChI is InChI=1S/C23H32N4OS/c1-23(2,3)17-12-10-16(11-13-17)20-24-25-22(27(20)18-8-6-5-7-9-18)29-19-14-15-26(4)21(19)28/h10-13,18-19H,5-9,14-15H2,1-4H3. The van der Waals surface area contributed by atoms with E-state index in [2.05, 4.69) is 59.8 Å². The molecule has 1 saturated carbocycles. The van der Waals surface area contributed by atoms with Gasteiger partial charge >= 0.3 is 0 Å². The first kappa shape index (κ1) is 20.5. The van der Waals surface area contributed by atoms with Crippen molar-refractivity contribution in [3.63, 3.8) is 0 Å². The summed E-state index contributed by atoms with van der Waals surface area (Å²) in [5, 5.41) is 10.0. The van der Waals surface area contributed by atoms with Gasteiger partial charge in [-0.3, -0.25) is 9.36 Å². The van der Waals surface area contributed by atoms with E-state index in [1.54, 1.807) is 11.8 Å². The fourth-order valence-electron chi connectivity index (χ4n) is 4.37. The van der Waals surface area contributed by atoms with Gasteiger partial charge in [0.15, 0.2) is 11.0 Å². The normalized spacial score (nSPS) is 21.2. The molecule has 2 aromatic rings. The second-order valence-electron chi connectivity index (χ2n) is 9.45. The van der Waals surface area contributed by atoms with Gasteiger partial charge in [-0.1, -0.05) is 76.1 Å². The van der Waals surface area contributed by atoms with E-state index in [-0.39, 0.29) is 16.6 Å². The van der Waals surface area contributed by atoms with Crippen LogP contribution in [-0.2, 0) is 10.2 Å². The summed E-state index contributed by atoms with van der Waals surface area (Å²) in [6, 6.07) is 9.18. The Morgan fingerprint density at radius 2 is 1.69 bits per heavy atom. The lowest BCUT2D eigenvalue weighted by Crippen LogP contribution is -2.24. The number of rotatable bonds is 4. The Hall–Kier alpha value is -1.82. The van der Waals surface area contributed by atoms with Crippen molar-refractivity contribution in [1.82, 2.24) is 19.7 Å². The molecule has 5 nitrogen and oxygen atoms in total. The summed E-state index contributed by atoms with van der Waals surface area (Å²) in [7, 11) is 1.89. The smallest absolute Gasteiger partial charge is 0.235 e. The highest BCUT2D eigenvalue weighted by Gasteiger charge is 2.33.